The first-order chi connectivity index (χ1) is 32.1. The molecule has 10 rings (SSSR count). The maximum atomic E-state index is 13.5. The van der Waals surface area contributed by atoms with Crippen LogP contribution < -0.4 is 16.4 Å². The molecule has 9 nitrogen and oxygen atoms in total. The number of benzene rings is 2. The maximum Gasteiger partial charge on any atom is 0.309 e. The lowest BCUT2D eigenvalue weighted by atomic mass is 9.57. The monoisotopic (exact) mass is 916 g/mol. The van der Waals surface area contributed by atoms with Crippen LogP contribution >= 0.6 is 0 Å². The molecule has 2 aliphatic heterocycles. The summed E-state index contributed by atoms with van der Waals surface area (Å²) in [5.41, 5.74) is 9.70. The van der Waals surface area contributed by atoms with Crippen molar-refractivity contribution in [1.82, 2.24) is 20.6 Å². The van der Waals surface area contributed by atoms with E-state index in [1.165, 1.54) is 57.0 Å². The molecule has 0 spiro atoms. The van der Waals surface area contributed by atoms with Crippen molar-refractivity contribution in [3.05, 3.63) is 120 Å². The number of carbonyl (C=O) groups is 2. The highest BCUT2D eigenvalue weighted by Crippen LogP contribution is 2.55. The summed E-state index contributed by atoms with van der Waals surface area (Å²) in [5, 5.41) is 6.89. The summed E-state index contributed by atoms with van der Waals surface area (Å²) in [5.74, 6) is 2.93. The van der Waals surface area contributed by atoms with E-state index in [9.17, 15) is 18.4 Å². The molecule has 0 bridgehead atoms. The van der Waals surface area contributed by atoms with Crippen LogP contribution in [0.3, 0.4) is 0 Å². The molecule has 4 N–H and O–H groups in total. The van der Waals surface area contributed by atoms with E-state index in [-0.39, 0.29) is 66.9 Å². The van der Waals surface area contributed by atoms with Crippen molar-refractivity contribution in [3.63, 3.8) is 0 Å². The topological polar surface area (TPSA) is 128 Å². The van der Waals surface area contributed by atoms with Gasteiger partial charge in [0.25, 0.3) is 0 Å². The van der Waals surface area contributed by atoms with Crippen LogP contribution in [0.25, 0.3) is 34.4 Å². The van der Waals surface area contributed by atoms with Gasteiger partial charge in [-0.15, -0.1) is 0 Å². The minimum Gasteiger partial charge on any atom is -0.462 e. The molecule has 14 atom stereocenters. The van der Waals surface area contributed by atoms with Gasteiger partial charge in [-0.3, -0.25) is 19.6 Å². The van der Waals surface area contributed by atoms with Gasteiger partial charge in [0.15, 0.2) is 0 Å². The number of rotatable bonds is 8. The smallest absolute Gasteiger partial charge is 0.309 e. The van der Waals surface area contributed by atoms with E-state index in [0.29, 0.717) is 47.6 Å². The maximum absolute atomic E-state index is 13.5. The van der Waals surface area contributed by atoms with Crippen LogP contribution in [-0.4, -0.2) is 67.3 Å². The van der Waals surface area contributed by atoms with E-state index in [2.05, 4.69) is 64.5 Å². The number of esters is 2. The van der Waals surface area contributed by atoms with Crippen molar-refractivity contribution < 1.29 is 27.8 Å². The van der Waals surface area contributed by atoms with E-state index >= 15 is 0 Å². The van der Waals surface area contributed by atoms with Crippen LogP contribution in [0.2, 0.25) is 0 Å². The van der Waals surface area contributed by atoms with E-state index < -0.39 is 0 Å². The number of nitrogens with one attached hydrogen (secondary N) is 2. The second-order valence-electron chi connectivity index (χ2n) is 19.4. The van der Waals surface area contributed by atoms with Gasteiger partial charge in [-0.05, 0) is 182 Å². The summed E-state index contributed by atoms with van der Waals surface area (Å²) in [6.07, 6.45) is 21.2. The van der Waals surface area contributed by atoms with Crippen molar-refractivity contribution >= 4 is 24.1 Å². The fourth-order valence-corrected chi connectivity index (χ4v) is 12.9. The van der Waals surface area contributed by atoms with Gasteiger partial charge < -0.3 is 25.8 Å². The Morgan fingerprint density at radius 1 is 0.597 bits per heavy atom. The standard InChI is InChI=1S/2C27H31FN2O2.CH5N.CH4/c2*1-16-26-24(23-10-9-22(29-2)13-19(23)14-25(26)27(31)32-16)11-8-21-7-6-18(15-30-21)17-4-3-5-20(28)12-17;1-2;/h2*3-8,11-12,15-16,19,22-26,29H,9-10,13-14H2,1-2H3;2H2,1H3;1H4/b2*11-8+;;/t16-,19+,22+,23-,24+,25-,26+;16-,19+,22-,23-,24+,25-,26+;;/m11../s1. The third-order valence-electron chi connectivity index (χ3n) is 16.0. The highest BCUT2D eigenvalue weighted by atomic mass is 19.1. The summed E-state index contributed by atoms with van der Waals surface area (Å²) in [7, 11) is 5.58. The summed E-state index contributed by atoms with van der Waals surface area (Å²) in [6.45, 7) is 4.10. The Morgan fingerprint density at radius 3 is 1.37 bits per heavy atom. The number of allylic oxidation sites excluding steroid dienone is 2. The van der Waals surface area contributed by atoms with E-state index in [4.69, 9.17) is 9.47 Å². The van der Waals surface area contributed by atoms with Crippen molar-refractivity contribution in [2.45, 2.75) is 96.9 Å². The van der Waals surface area contributed by atoms with Gasteiger partial charge in [0.05, 0.1) is 23.2 Å². The SMILES string of the molecule is C.CN.CN[C@@H]1CC[C@@H]2[C@@H](C1)C[C@H]1C(=O)O[C@H](C)[C@H]1[C@H]2/C=C/c1ccc(-c2cccc(F)c2)cn1.CN[C@H]1CC[C@@H]2[C@@H](C1)C[C@H]1C(=O)O[C@H](C)[C@H]1[C@H]2/C=C/c1ccc(-c2cccc(F)c2)cn1. The average Bonchev–Trinajstić information content (AvgIpc) is 3.80. The quantitative estimate of drug-likeness (QED) is 0.148. The van der Waals surface area contributed by atoms with Crippen LogP contribution in [0.1, 0.15) is 84.0 Å². The Labute approximate surface area is 396 Å². The number of hydrogen-bond acceptors (Lipinski definition) is 9. The van der Waals surface area contributed by atoms with Crippen LogP contribution in [0.4, 0.5) is 8.78 Å². The number of ether oxygens (including phenoxy) is 2. The first-order valence-electron chi connectivity index (χ1n) is 24.2. The highest BCUT2D eigenvalue weighted by molar-refractivity contribution is 5.76. The Bertz CT molecular complexity index is 2180. The van der Waals surface area contributed by atoms with Crippen LogP contribution in [0, 0.1) is 70.8 Å². The summed E-state index contributed by atoms with van der Waals surface area (Å²) < 4.78 is 38.5. The fourth-order valence-electron chi connectivity index (χ4n) is 12.9. The predicted octanol–water partition coefficient (Wildman–Crippen LogP) is 10.4. The first kappa shape index (κ1) is 49.8. The molecule has 358 valence electrons. The lowest BCUT2D eigenvalue weighted by molar-refractivity contribution is -0.145. The molecule has 0 amide bonds. The lowest BCUT2D eigenvalue weighted by Gasteiger charge is -2.47. The molecule has 6 fully saturated rings. The molecule has 6 aliphatic rings. The molecule has 67 heavy (non-hydrogen) atoms. The van der Waals surface area contributed by atoms with Crippen molar-refractivity contribution in [2.24, 2.45) is 64.9 Å². The van der Waals surface area contributed by atoms with Crippen molar-refractivity contribution in [3.8, 4) is 22.3 Å². The van der Waals surface area contributed by atoms with Crippen molar-refractivity contribution in [1.29, 1.82) is 0 Å². The van der Waals surface area contributed by atoms with Gasteiger partial charge in [0.2, 0.25) is 0 Å². The minimum atomic E-state index is -0.247. The number of halogens is 2. The van der Waals surface area contributed by atoms with Gasteiger partial charge in [-0.2, -0.15) is 0 Å². The summed E-state index contributed by atoms with van der Waals surface area (Å²) in [4.78, 5) is 34.3. The molecule has 2 aromatic heterocycles. The van der Waals surface area contributed by atoms with E-state index in [1.807, 2.05) is 50.5 Å². The summed E-state index contributed by atoms with van der Waals surface area (Å²) >= 11 is 0. The number of aromatic nitrogens is 2. The zero-order chi connectivity index (χ0) is 46.5. The molecule has 0 radical (unpaired) electrons. The van der Waals surface area contributed by atoms with Crippen LogP contribution in [-0.2, 0) is 19.1 Å². The first-order valence-corrected chi connectivity index (χ1v) is 24.2. The Morgan fingerprint density at radius 2 is 1.01 bits per heavy atom. The highest BCUT2D eigenvalue weighted by Gasteiger charge is 2.55. The molecule has 4 aromatic rings. The molecule has 4 heterocycles. The normalized spacial score (nSPS) is 32.8. The third kappa shape index (κ3) is 11.0. The Kier molecular flexibility index (Phi) is 16.6. The fraction of sp³-hybridized carbons (Fsp3) is 0.500. The number of pyridine rings is 2. The zero-order valence-corrected chi connectivity index (χ0v) is 39.0. The number of nitrogens with two attached hydrogens (primary N) is 1. The van der Waals surface area contributed by atoms with Crippen LogP contribution in [0.5, 0.6) is 0 Å². The van der Waals surface area contributed by atoms with E-state index in [1.54, 1.807) is 24.5 Å². The molecule has 11 heteroatoms. The molecule has 4 saturated carbocycles. The number of fused-ring (bicyclic) bond motifs is 4. The number of nitrogens with zero attached hydrogens (tertiary/aromatic N) is 2. The van der Waals surface area contributed by atoms with Crippen LogP contribution in [0.15, 0.2) is 97.3 Å². The van der Waals surface area contributed by atoms with Crippen molar-refractivity contribution in [2.75, 3.05) is 21.1 Å². The predicted molar refractivity (Wildman–Crippen MR) is 263 cm³/mol. The molecular weight excluding hydrogens is 845 g/mol. The van der Waals surface area contributed by atoms with Gasteiger partial charge >= 0.3 is 11.9 Å². The second kappa shape index (κ2) is 22.3. The molecular formula is C56H71F2N5O4. The number of carbonyl (C=O) groups excluding carboxylic acids is 2. The largest absolute Gasteiger partial charge is 0.462 e. The van der Waals surface area contributed by atoms with Gasteiger partial charge in [0.1, 0.15) is 23.8 Å². The van der Waals surface area contributed by atoms with Gasteiger partial charge in [-0.1, -0.05) is 56.0 Å². The van der Waals surface area contributed by atoms with Gasteiger partial charge in [-0.25, -0.2) is 8.78 Å². The molecule has 0 unspecified atom stereocenters. The lowest BCUT2D eigenvalue weighted by Crippen LogP contribution is -2.46. The average molecular weight is 916 g/mol. The third-order valence-corrected chi connectivity index (χ3v) is 16.0. The zero-order valence-electron chi connectivity index (χ0n) is 39.0. The molecule has 2 aromatic carbocycles. The second-order valence-corrected chi connectivity index (χ2v) is 19.4. The number of hydrogen-bond donors (Lipinski definition) is 3. The number of cyclic esters (lactones) is 2. The molecule has 2 saturated heterocycles. The Balaban J connectivity index is 0.000000189. The molecule has 4 aliphatic carbocycles. The Hall–Kier alpha value is -5.10. The minimum absolute atomic E-state index is 0. The summed E-state index contributed by atoms with van der Waals surface area (Å²) in [6, 6.07) is 22.1. The van der Waals surface area contributed by atoms with Gasteiger partial charge in [0, 0.05) is 47.4 Å². The van der Waals surface area contributed by atoms with E-state index in [0.717, 1.165) is 59.3 Å².